The second kappa shape index (κ2) is 5.29. The van der Waals surface area contributed by atoms with E-state index in [2.05, 4.69) is 47.6 Å². The Morgan fingerprint density at radius 2 is 1.69 bits per heavy atom. The van der Waals surface area contributed by atoms with Crippen molar-refractivity contribution in [2.24, 2.45) is 0 Å². The molecule has 0 aliphatic heterocycles. The molecule has 0 saturated carbocycles. The maximum Gasteiger partial charge on any atom is 0.0690 e. The first kappa shape index (κ1) is 13.0. The summed E-state index contributed by atoms with van der Waals surface area (Å²) in [7, 11) is 0. The number of unbranched alkanes of at least 4 members (excludes halogenated alkanes) is 1. The van der Waals surface area contributed by atoms with Gasteiger partial charge in [-0.25, -0.2) is 0 Å². The average molecular weight is 217 g/mol. The highest BCUT2D eigenvalue weighted by Gasteiger charge is 2.09. The molecule has 0 N–H and O–H groups in total. The number of hydrogen-bond donors (Lipinski definition) is 0. The van der Waals surface area contributed by atoms with E-state index in [9.17, 15) is 0 Å². The largest absolute Gasteiger partial charge is 0.253 e. The van der Waals surface area contributed by atoms with Gasteiger partial charge < -0.3 is 0 Å². The van der Waals surface area contributed by atoms with E-state index in [0.29, 0.717) is 0 Å². The summed E-state index contributed by atoms with van der Waals surface area (Å²) in [6.45, 7) is 13.0. The fourth-order valence-corrected chi connectivity index (χ4v) is 1.91. The summed E-state index contributed by atoms with van der Waals surface area (Å²) in [5, 5.41) is 0. The smallest absolute Gasteiger partial charge is 0.0690 e. The fraction of sp³-hybridized carbons (Fsp3) is 0.533. The molecule has 0 fully saturated rings. The molecule has 0 spiro atoms. The summed E-state index contributed by atoms with van der Waals surface area (Å²) >= 11 is 0. The molecule has 88 valence electrons. The zero-order chi connectivity index (χ0) is 12.3. The molecule has 0 unspecified atom stereocenters. The predicted octanol–water partition coefficient (Wildman–Crippen LogP) is 4.52. The van der Waals surface area contributed by atoms with E-state index in [1.807, 2.05) is 0 Å². The van der Waals surface area contributed by atoms with Crippen LogP contribution < -0.4 is 0 Å². The van der Waals surface area contributed by atoms with Crippen molar-refractivity contribution in [3.8, 4) is 0 Å². The Morgan fingerprint density at radius 3 is 2.25 bits per heavy atom. The molecule has 0 saturated heterocycles. The van der Waals surface area contributed by atoms with Crippen LogP contribution in [0.25, 0.3) is 5.57 Å². The van der Waals surface area contributed by atoms with Gasteiger partial charge in [0.2, 0.25) is 0 Å². The van der Waals surface area contributed by atoms with Gasteiger partial charge in [0.05, 0.1) is 5.69 Å². The zero-order valence-electron chi connectivity index (χ0n) is 11.4. The van der Waals surface area contributed by atoms with E-state index >= 15 is 0 Å². The summed E-state index contributed by atoms with van der Waals surface area (Å²) in [5.74, 6) is 0. The van der Waals surface area contributed by atoms with Crippen molar-refractivity contribution in [2.75, 3.05) is 0 Å². The van der Waals surface area contributed by atoms with Crippen molar-refractivity contribution in [3.05, 3.63) is 34.2 Å². The first-order chi connectivity index (χ1) is 7.49. The molecule has 1 aromatic rings. The Hall–Kier alpha value is -1.11. The molecular weight excluding hydrogens is 194 g/mol. The molecule has 16 heavy (non-hydrogen) atoms. The van der Waals surface area contributed by atoms with Crippen molar-refractivity contribution in [3.63, 3.8) is 0 Å². The first-order valence-electron chi connectivity index (χ1n) is 6.10. The van der Waals surface area contributed by atoms with Crippen molar-refractivity contribution in [2.45, 2.75) is 54.4 Å². The van der Waals surface area contributed by atoms with Crippen LogP contribution in [0.1, 0.15) is 54.8 Å². The van der Waals surface area contributed by atoms with Crippen LogP contribution in [0.3, 0.4) is 0 Å². The SMILES string of the molecule is CCC/C=C(\C)c1nc(C)c(C)c(C)c1C. The summed E-state index contributed by atoms with van der Waals surface area (Å²) in [6.07, 6.45) is 4.63. The van der Waals surface area contributed by atoms with E-state index in [4.69, 9.17) is 4.98 Å². The lowest BCUT2D eigenvalue weighted by molar-refractivity contribution is 0.956. The Morgan fingerprint density at radius 1 is 1.06 bits per heavy atom. The van der Waals surface area contributed by atoms with E-state index in [1.165, 1.54) is 34.4 Å². The molecule has 1 heterocycles. The van der Waals surface area contributed by atoms with E-state index in [1.54, 1.807) is 0 Å². The van der Waals surface area contributed by atoms with Crippen LogP contribution in [0.15, 0.2) is 6.08 Å². The Bertz CT molecular complexity index is 414. The summed E-state index contributed by atoms with van der Waals surface area (Å²) in [4.78, 5) is 4.72. The minimum absolute atomic E-state index is 1.14. The van der Waals surface area contributed by atoms with Gasteiger partial charge in [-0.15, -0.1) is 0 Å². The lowest BCUT2D eigenvalue weighted by Crippen LogP contribution is -2.01. The Labute approximate surface area is 99.6 Å². The van der Waals surface area contributed by atoms with Crippen molar-refractivity contribution in [1.29, 1.82) is 0 Å². The molecule has 0 atom stereocenters. The highest BCUT2D eigenvalue weighted by atomic mass is 14.7. The molecule has 1 aromatic heterocycles. The molecule has 0 radical (unpaired) electrons. The van der Waals surface area contributed by atoms with Crippen LogP contribution in [0.4, 0.5) is 0 Å². The second-order valence-corrected chi connectivity index (χ2v) is 4.60. The minimum Gasteiger partial charge on any atom is -0.253 e. The van der Waals surface area contributed by atoms with Gasteiger partial charge in [0.25, 0.3) is 0 Å². The number of hydrogen-bond acceptors (Lipinski definition) is 1. The fourth-order valence-electron chi connectivity index (χ4n) is 1.91. The molecule has 0 aliphatic carbocycles. The van der Waals surface area contributed by atoms with Crippen molar-refractivity contribution < 1.29 is 0 Å². The number of pyridine rings is 1. The lowest BCUT2D eigenvalue weighted by Gasteiger charge is -2.13. The number of aromatic nitrogens is 1. The predicted molar refractivity (Wildman–Crippen MR) is 71.7 cm³/mol. The number of allylic oxidation sites excluding steroid dienone is 2. The normalized spacial score (nSPS) is 12.0. The van der Waals surface area contributed by atoms with Crippen LogP contribution in [-0.2, 0) is 0 Å². The summed E-state index contributed by atoms with van der Waals surface area (Å²) in [6, 6.07) is 0. The molecule has 1 rings (SSSR count). The summed E-state index contributed by atoms with van der Waals surface area (Å²) < 4.78 is 0. The topological polar surface area (TPSA) is 12.9 Å². The first-order valence-corrected chi connectivity index (χ1v) is 6.10. The van der Waals surface area contributed by atoms with Crippen LogP contribution >= 0.6 is 0 Å². The highest BCUT2D eigenvalue weighted by molar-refractivity contribution is 5.65. The standard InChI is InChI=1S/C15H23N/c1-7-8-9-10(2)15-13(5)11(3)12(4)14(6)16-15/h9H,7-8H2,1-6H3/b10-9+. The molecule has 1 heteroatoms. The molecule has 0 aromatic carbocycles. The number of rotatable bonds is 3. The molecule has 0 amide bonds. The Kier molecular flexibility index (Phi) is 4.28. The zero-order valence-corrected chi connectivity index (χ0v) is 11.4. The van der Waals surface area contributed by atoms with Gasteiger partial charge in [-0.05, 0) is 63.3 Å². The summed E-state index contributed by atoms with van der Waals surface area (Å²) in [5.41, 5.74) is 7.67. The molecule has 0 bridgehead atoms. The van der Waals surface area contributed by atoms with Crippen LogP contribution in [0.5, 0.6) is 0 Å². The Balaban J connectivity index is 3.25. The highest BCUT2D eigenvalue weighted by Crippen LogP contribution is 2.23. The number of aryl methyl sites for hydroxylation is 1. The second-order valence-electron chi connectivity index (χ2n) is 4.60. The molecular formula is C15H23N. The molecule has 1 nitrogen and oxygen atoms in total. The van der Waals surface area contributed by atoms with Crippen molar-refractivity contribution in [1.82, 2.24) is 4.98 Å². The van der Waals surface area contributed by atoms with Crippen LogP contribution in [-0.4, -0.2) is 4.98 Å². The van der Waals surface area contributed by atoms with Gasteiger partial charge in [0.1, 0.15) is 0 Å². The van der Waals surface area contributed by atoms with Gasteiger partial charge in [0.15, 0.2) is 0 Å². The van der Waals surface area contributed by atoms with E-state index in [0.717, 1.165) is 12.1 Å². The maximum absolute atomic E-state index is 4.72. The molecule has 0 aliphatic rings. The third kappa shape index (κ3) is 2.52. The van der Waals surface area contributed by atoms with Crippen LogP contribution in [0.2, 0.25) is 0 Å². The van der Waals surface area contributed by atoms with Gasteiger partial charge in [0, 0.05) is 5.69 Å². The van der Waals surface area contributed by atoms with Gasteiger partial charge in [-0.1, -0.05) is 19.4 Å². The van der Waals surface area contributed by atoms with Gasteiger partial charge >= 0.3 is 0 Å². The average Bonchev–Trinajstić information content (AvgIpc) is 2.28. The van der Waals surface area contributed by atoms with E-state index in [-0.39, 0.29) is 0 Å². The lowest BCUT2D eigenvalue weighted by atomic mass is 9.98. The van der Waals surface area contributed by atoms with Crippen molar-refractivity contribution >= 4 is 5.57 Å². The van der Waals surface area contributed by atoms with Crippen LogP contribution in [0, 0.1) is 27.7 Å². The van der Waals surface area contributed by atoms with E-state index < -0.39 is 0 Å². The number of nitrogens with zero attached hydrogens (tertiary/aromatic N) is 1. The third-order valence-electron chi connectivity index (χ3n) is 3.42. The van der Waals surface area contributed by atoms with Gasteiger partial charge in [-0.2, -0.15) is 0 Å². The monoisotopic (exact) mass is 217 g/mol. The quantitative estimate of drug-likeness (QED) is 0.725. The maximum atomic E-state index is 4.72. The third-order valence-corrected chi connectivity index (χ3v) is 3.42. The minimum atomic E-state index is 1.14. The van der Waals surface area contributed by atoms with Gasteiger partial charge in [-0.3, -0.25) is 4.98 Å².